The van der Waals surface area contributed by atoms with E-state index in [0.29, 0.717) is 18.2 Å². The van der Waals surface area contributed by atoms with Gasteiger partial charge in [-0.05, 0) is 19.1 Å². The summed E-state index contributed by atoms with van der Waals surface area (Å²) in [5.41, 5.74) is 3.22. The van der Waals surface area contributed by atoms with E-state index >= 15 is 0 Å². The van der Waals surface area contributed by atoms with Crippen molar-refractivity contribution < 1.29 is 13.2 Å². The van der Waals surface area contributed by atoms with E-state index in [1.54, 1.807) is 13.8 Å². The topological polar surface area (TPSA) is 117 Å². The summed E-state index contributed by atoms with van der Waals surface area (Å²) >= 11 is 1.28. The summed E-state index contributed by atoms with van der Waals surface area (Å²) in [7, 11) is -3.75. The van der Waals surface area contributed by atoms with Gasteiger partial charge in [-0.2, -0.15) is 4.31 Å². The van der Waals surface area contributed by atoms with E-state index in [2.05, 4.69) is 15.3 Å². The second kappa shape index (κ2) is 9.53. The molecule has 9 nitrogen and oxygen atoms in total. The molecule has 178 valence electrons. The number of carbonyl (C=O) groups excluding carboxylic acids is 1. The molecular weight excluding hydrogens is 474 g/mol. The summed E-state index contributed by atoms with van der Waals surface area (Å²) in [6.07, 6.45) is 1.21. The van der Waals surface area contributed by atoms with Crippen LogP contribution in [0.3, 0.4) is 0 Å². The van der Waals surface area contributed by atoms with Crippen LogP contribution in [0, 0.1) is 6.92 Å². The van der Waals surface area contributed by atoms with Crippen LogP contribution < -0.4 is 10.9 Å². The molecule has 0 radical (unpaired) electrons. The Hall–Kier alpha value is -3.28. The van der Waals surface area contributed by atoms with Crippen LogP contribution in [-0.2, 0) is 21.4 Å². The number of nitrogens with one attached hydrogen (secondary N) is 2. The zero-order chi connectivity index (χ0) is 24.5. The van der Waals surface area contributed by atoms with Crippen LogP contribution in [0.15, 0.2) is 57.7 Å². The van der Waals surface area contributed by atoms with Gasteiger partial charge in [0.2, 0.25) is 15.9 Å². The van der Waals surface area contributed by atoms with Gasteiger partial charge in [0.15, 0.2) is 5.13 Å². The van der Waals surface area contributed by atoms with Crippen molar-refractivity contribution in [1.29, 1.82) is 0 Å². The molecule has 3 heterocycles. The summed E-state index contributed by atoms with van der Waals surface area (Å²) in [6.45, 7) is 5.73. The Labute approximate surface area is 201 Å². The third kappa shape index (κ3) is 4.54. The Morgan fingerprint density at radius 1 is 1.18 bits per heavy atom. The van der Waals surface area contributed by atoms with Crippen molar-refractivity contribution in [2.45, 2.75) is 32.2 Å². The monoisotopic (exact) mass is 499 g/mol. The number of sulfonamides is 1. The van der Waals surface area contributed by atoms with E-state index in [1.807, 2.05) is 36.6 Å². The first kappa shape index (κ1) is 23.9. The van der Waals surface area contributed by atoms with Gasteiger partial charge in [-0.1, -0.05) is 32.0 Å². The lowest BCUT2D eigenvalue weighted by atomic mass is 10.1. The molecule has 1 amide bonds. The van der Waals surface area contributed by atoms with Crippen LogP contribution in [0.2, 0.25) is 0 Å². The predicted molar refractivity (Wildman–Crippen MR) is 134 cm³/mol. The molecule has 0 aliphatic heterocycles. The number of benzene rings is 1. The average Bonchev–Trinajstić information content (AvgIpc) is 3.38. The number of para-hydroxylation sites is 1. The van der Waals surface area contributed by atoms with Gasteiger partial charge in [-0.3, -0.25) is 9.59 Å². The van der Waals surface area contributed by atoms with Crippen LogP contribution in [0.25, 0.3) is 22.2 Å². The lowest BCUT2D eigenvalue weighted by Crippen LogP contribution is -2.33. The highest BCUT2D eigenvalue weighted by atomic mass is 32.2. The average molecular weight is 500 g/mol. The molecule has 11 heteroatoms. The minimum absolute atomic E-state index is 0.0325. The van der Waals surface area contributed by atoms with E-state index in [0.717, 1.165) is 38.5 Å². The number of aryl methyl sites for hydroxylation is 1. The summed E-state index contributed by atoms with van der Waals surface area (Å²) in [5.74, 6) is -0.476. The van der Waals surface area contributed by atoms with Gasteiger partial charge >= 0.3 is 0 Å². The maximum absolute atomic E-state index is 12.8. The van der Waals surface area contributed by atoms with Crippen LogP contribution in [-0.4, -0.2) is 46.3 Å². The highest BCUT2D eigenvalue weighted by molar-refractivity contribution is 7.89. The van der Waals surface area contributed by atoms with Crippen molar-refractivity contribution in [2.24, 2.45) is 0 Å². The fraction of sp³-hybridized carbons (Fsp3) is 0.261. The van der Waals surface area contributed by atoms with Gasteiger partial charge in [0.1, 0.15) is 6.54 Å². The number of aromatic amines is 1. The number of H-pyrrole nitrogens is 1. The number of aromatic nitrogens is 3. The molecule has 0 fully saturated rings. The maximum atomic E-state index is 12.8. The van der Waals surface area contributed by atoms with Crippen LogP contribution in [0.1, 0.15) is 19.5 Å². The Morgan fingerprint density at radius 3 is 2.65 bits per heavy atom. The highest BCUT2D eigenvalue weighted by Crippen LogP contribution is 2.33. The molecular formula is C23H25N5O4S2. The first-order valence-corrected chi connectivity index (χ1v) is 13.1. The Balaban J connectivity index is 1.54. The smallest absolute Gasteiger partial charge is 0.251 e. The lowest BCUT2D eigenvalue weighted by molar-refractivity contribution is -0.116. The quantitative estimate of drug-likeness (QED) is 0.385. The molecule has 0 spiro atoms. The number of amides is 1. The van der Waals surface area contributed by atoms with Crippen LogP contribution in [0.5, 0.6) is 0 Å². The number of anilines is 1. The third-order valence-corrected chi connectivity index (χ3v) is 8.30. The van der Waals surface area contributed by atoms with Crippen LogP contribution in [0.4, 0.5) is 5.13 Å². The standard InChI is InChI=1S/C23H25N5O4S2/c1-4-28(5-2)34(31,32)16-10-11-21(30)27(12-16)13-20(29)26-23-25-19(14-33-23)22-15(3)24-18-9-7-6-8-17(18)22/h6-12,14,24H,4-5,13H2,1-3H3,(H,25,26,29). The highest BCUT2D eigenvalue weighted by Gasteiger charge is 2.23. The first-order valence-electron chi connectivity index (χ1n) is 10.8. The van der Waals surface area contributed by atoms with Crippen molar-refractivity contribution in [2.75, 3.05) is 18.4 Å². The second-order valence-corrected chi connectivity index (χ2v) is 10.5. The minimum Gasteiger partial charge on any atom is -0.358 e. The number of thiazole rings is 1. The summed E-state index contributed by atoms with van der Waals surface area (Å²) in [4.78, 5) is 32.8. The van der Waals surface area contributed by atoms with Gasteiger partial charge in [0, 0.05) is 52.9 Å². The minimum atomic E-state index is -3.75. The number of rotatable bonds is 8. The lowest BCUT2D eigenvalue weighted by Gasteiger charge is -2.18. The summed E-state index contributed by atoms with van der Waals surface area (Å²) < 4.78 is 27.9. The molecule has 4 aromatic rings. The summed E-state index contributed by atoms with van der Waals surface area (Å²) in [5, 5.41) is 6.01. The van der Waals surface area contributed by atoms with Gasteiger partial charge in [-0.15, -0.1) is 11.3 Å². The zero-order valence-electron chi connectivity index (χ0n) is 19.0. The number of fused-ring (bicyclic) bond motifs is 1. The molecule has 0 aliphatic rings. The molecule has 4 rings (SSSR count). The van der Waals surface area contributed by atoms with Gasteiger partial charge in [0.05, 0.1) is 10.6 Å². The molecule has 0 unspecified atom stereocenters. The molecule has 0 saturated carbocycles. The van der Waals surface area contributed by atoms with Gasteiger partial charge in [0.25, 0.3) is 5.56 Å². The van der Waals surface area contributed by atoms with E-state index < -0.39 is 21.5 Å². The molecule has 2 N–H and O–H groups in total. The maximum Gasteiger partial charge on any atom is 0.251 e. The van der Waals surface area contributed by atoms with Gasteiger partial charge in [-0.25, -0.2) is 13.4 Å². The number of hydrogen-bond acceptors (Lipinski definition) is 6. The second-order valence-electron chi connectivity index (χ2n) is 7.68. The fourth-order valence-corrected chi connectivity index (χ4v) is 6.06. The van der Waals surface area contributed by atoms with E-state index in [9.17, 15) is 18.0 Å². The van der Waals surface area contributed by atoms with Gasteiger partial charge < -0.3 is 14.9 Å². The van der Waals surface area contributed by atoms with E-state index in [1.165, 1.54) is 27.9 Å². The Bertz CT molecular complexity index is 1510. The number of hydrogen-bond donors (Lipinski definition) is 2. The third-order valence-electron chi connectivity index (χ3n) is 5.51. The first-order chi connectivity index (χ1) is 16.2. The number of pyridine rings is 1. The normalized spacial score (nSPS) is 11.9. The Morgan fingerprint density at radius 2 is 1.91 bits per heavy atom. The zero-order valence-corrected chi connectivity index (χ0v) is 20.7. The molecule has 0 aliphatic carbocycles. The SMILES string of the molecule is CCN(CC)S(=O)(=O)c1ccc(=O)n(CC(=O)Nc2nc(-c3c(C)[nH]c4ccccc34)cs2)c1. The molecule has 0 bridgehead atoms. The van der Waals surface area contributed by atoms with Crippen LogP contribution >= 0.6 is 11.3 Å². The summed E-state index contributed by atoms with van der Waals surface area (Å²) in [6, 6.07) is 10.3. The van der Waals surface area contributed by atoms with Crippen molar-refractivity contribution in [1.82, 2.24) is 18.8 Å². The predicted octanol–water partition coefficient (Wildman–Crippen LogP) is 3.43. The van der Waals surface area contributed by atoms with Crippen molar-refractivity contribution in [3.8, 4) is 11.3 Å². The molecule has 1 aromatic carbocycles. The Kier molecular flexibility index (Phi) is 6.69. The fourth-order valence-electron chi connectivity index (χ4n) is 3.86. The van der Waals surface area contributed by atoms with E-state index in [-0.39, 0.29) is 11.4 Å². The number of nitrogens with zero attached hydrogens (tertiary/aromatic N) is 3. The van der Waals surface area contributed by atoms with Crippen molar-refractivity contribution >= 4 is 43.3 Å². The van der Waals surface area contributed by atoms with Crippen molar-refractivity contribution in [3.05, 3.63) is 64.0 Å². The number of carbonyl (C=O) groups is 1. The molecule has 34 heavy (non-hydrogen) atoms. The molecule has 0 atom stereocenters. The molecule has 3 aromatic heterocycles. The van der Waals surface area contributed by atoms with E-state index in [4.69, 9.17) is 0 Å². The largest absolute Gasteiger partial charge is 0.358 e. The van der Waals surface area contributed by atoms with Crippen molar-refractivity contribution in [3.63, 3.8) is 0 Å². The molecule has 0 saturated heterocycles.